The number of thiophene rings is 1. The molecule has 0 spiro atoms. The zero-order valence-electron chi connectivity index (χ0n) is 17.7. The first kappa shape index (κ1) is 22.1. The van der Waals surface area contributed by atoms with Gasteiger partial charge in [0.15, 0.2) is 0 Å². The van der Waals surface area contributed by atoms with Crippen molar-refractivity contribution in [2.24, 2.45) is 0 Å². The van der Waals surface area contributed by atoms with Crippen molar-refractivity contribution in [2.45, 2.75) is 32.6 Å². The number of amides is 1. The molecule has 1 amide bonds. The summed E-state index contributed by atoms with van der Waals surface area (Å²) >= 11 is 1.29. The van der Waals surface area contributed by atoms with Crippen LogP contribution in [0.15, 0.2) is 23.1 Å². The van der Waals surface area contributed by atoms with Gasteiger partial charge in [-0.05, 0) is 51.5 Å². The maximum Gasteiger partial charge on any atom is 0.266 e. The zero-order chi connectivity index (χ0) is 22.2. The van der Waals surface area contributed by atoms with Crippen LogP contribution in [-0.2, 0) is 10.0 Å². The van der Waals surface area contributed by atoms with Gasteiger partial charge in [0.1, 0.15) is 21.3 Å². The molecule has 10 heteroatoms. The number of carbonyl (C=O) groups is 1. The lowest BCUT2D eigenvalue weighted by molar-refractivity contribution is 0.103. The van der Waals surface area contributed by atoms with Gasteiger partial charge in [-0.2, -0.15) is 0 Å². The highest BCUT2D eigenvalue weighted by Crippen LogP contribution is 2.33. The number of ether oxygens (including phenoxy) is 1. The van der Waals surface area contributed by atoms with Crippen LogP contribution in [0.25, 0.3) is 10.2 Å². The first-order chi connectivity index (χ1) is 14.1. The van der Waals surface area contributed by atoms with Gasteiger partial charge in [-0.25, -0.2) is 22.7 Å². The highest BCUT2D eigenvalue weighted by molar-refractivity contribution is 7.89. The minimum atomic E-state index is -3.75. The number of hydrogen-bond donors (Lipinski definition) is 1. The second-order valence-electron chi connectivity index (χ2n) is 6.93. The van der Waals surface area contributed by atoms with Gasteiger partial charge >= 0.3 is 0 Å². The van der Waals surface area contributed by atoms with E-state index in [2.05, 4.69) is 15.3 Å². The van der Waals surface area contributed by atoms with Gasteiger partial charge in [0.25, 0.3) is 5.91 Å². The van der Waals surface area contributed by atoms with E-state index >= 15 is 0 Å². The van der Waals surface area contributed by atoms with Crippen LogP contribution in [0.3, 0.4) is 0 Å². The quantitative estimate of drug-likeness (QED) is 0.619. The fourth-order valence-electron chi connectivity index (χ4n) is 3.14. The molecule has 0 saturated heterocycles. The highest BCUT2D eigenvalue weighted by atomic mass is 32.2. The maximum atomic E-state index is 13.0. The summed E-state index contributed by atoms with van der Waals surface area (Å²) < 4.78 is 32.0. The average Bonchev–Trinajstić information content (AvgIpc) is 2.99. The Morgan fingerprint density at radius 2 is 1.90 bits per heavy atom. The Morgan fingerprint density at radius 1 is 1.20 bits per heavy atom. The van der Waals surface area contributed by atoms with Gasteiger partial charge in [0, 0.05) is 30.9 Å². The summed E-state index contributed by atoms with van der Waals surface area (Å²) in [7, 11) is -0.857. The molecule has 1 aromatic carbocycles. The second-order valence-corrected chi connectivity index (χ2v) is 10.0. The Balaban J connectivity index is 2.01. The molecule has 1 N–H and O–H groups in total. The molecule has 3 rings (SSSR count). The lowest BCUT2D eigenvalue weighted by atomic mass is 10.1. The van der Waals surface area contributed by atoms with E-state index in [9.17, 15) is 13.2 Å². The van der Waals surface area contributed by atoms with Crippen LogP contribution in [0.2, 0.25) is 0 Å². The first-order valence-electron chi connectivity index (χ1n) is 9.31. The summed E-state index contributed by atoms with van der Waals surface area (Å²) in [6, 6.07) is 4.58. The van der Waals surface area contributed by atoms with E-state index in [4.69, 9.17) is 4.74 Å². The molecule has 0 bridgehead atoms. The maximum absolute atomic E-state index is 13.0. The van der Waals surface area contributed by atoms with E-state index in [1.54, 1.807) is 19.1 Å². The van der Waals surface area contributed by atoms with Crippen LogP contribution in [0.5, 0.6) is 5.75 Å². The topological polar surface area (TPSA) is 101 Å². The molecule has 2 aromatic heterocycles. The zero-order valence-corrected chi connectivity index (χ0v) is 19.4. The Morgan fingerprint density at radius 3 is 2.53 bits per heavy atom. The number of aromatic nitrogens is 2. The van der Waals surface area contributed by atoms with Crippen LogP contribution in [0.4, 0.5) is 5.69 Å². The van der Waals surface area contributed by atoms with Crippen LogP contribution in [0, 0.1) is 20.8 Å². The van der Waals surface area contributed by atoms with Crippen LogP contribution in [0.1, 0.15) is 33.7 Å². The van der Waals surface area contributed by atoms with Gasteiger partial charge in [-0.3, -0.25) is 4.79 Å². The number of sulfonamides is 1. The molecule has 0 atom stereocenters. The molecule has 3 aromatic rings. The molecule has 8 nitrogen and oxygen atoms in total. The molecule has 0 fully saturated rings. The smallest absolute Gasteiger partial charge is 0.266 e. The fourth-order valence-corrected chi connectivity index (χ4v) is 5.36. The average molecular weight is 449 g/mol. The largest absolute Gasteiger partial charge is 0.492 e. The third-order valence-electron chi connectivity index (χ3n) is 4.55. The van der Waals surface area contributed by atoms with E-state index in [1.165, 1.54) is 31.5 Å². The van der Waals surface area contributed by atoms with E-state index in [0.29, 0.717) is 23.0 Å². The number of anilines is 1. The van der Waals surface area contributed by atoms with E-state index in [0.717, 1.165) is 25.8 Å². The summed E-state index contributed by atoms with van der Waals surface area (Å²) in [5.74, 6) is 0.562. The van der Waals surface area contributed by atoms with Crippen LogP contribution in [-0.4, -0.2) is 49.3 Å². The van der Waals surface area contributed by atoms with Crippen molar-refractivity contribution in [1.82, 2.24) is 14.3 Å². The molecular weight excluding hydrogens is 424 g/mol. The number of carbonyl (C=O) groups excluding carboxylic acids is 1. The summed E-state index contributed by atoms with van der Waals surface area (Å²) in [6.45, 7) is 7.66. The lowest BCUT2D eigenvalue weighted by Gasteiger charge is -2.16. The van der Waals surface area contributed by atoms with Gasteiger partial charge in [-0.1, -0.05) is 0 Å². The minimum Gasteiger partial charge on any atom is -0.492 e. The summed E-state index contributed by atoms with van der Waals surface area (Å²) in [5, 5.41) is 3.67. The predicted octanol–water partition coefficient (Wildman–Crippen LogP) is 3.52. The standard InChI is InChI=1S/C20H24N4O4S2/c1-7-28-15-9-8-14(10-16(15)30(26,27)24(5)6)23-19(25)18-11(2)17-12(3)21-13(4)22-20(17)29-18/h8-10H,7H2,1-6H3,(H,23,25). The lowest BCUT2D eigenvalue weighted by Crippen LogP contribution is -2.23. The van der Waals surface area contributed by atoms with Crippen molar-refractivity contribution in [3.63, 3.8) is 0 Å². The molecule has 0 radical (unpaired) electrons. The normalized spacial score (nSPS) is 11.8. The van der Waals surface area contributed by atoms with Crippen molar-refractivity contribution in [3.05, 3.63) is 40.2 Å². The van der Waals surface area contributed by atoms with Crippen molar-refractivity contribution in [3.8, 4) is 5.75 Å². The number of fused-ring (bicyclic) bond motifs is 1. The van der Waals surface area contributed by atoms with Gasteiger partial charge in [0.05, 0.1) is 11.5 Å². The number of hydrogen-bond acceptors (Lipinski definition) is 7. The number of nitrogens with zero attached hydrogens (tertiary/aromatic N) is 3. The number of benzene rings is 1. The van der Waals surface area contributed by atoms with Crippen molar-refractivity contribution in [2.75, 3.05) is 26.0 Å². The SMILES string of the molecule is CCOc1ccc(NC(=O)c2sc3nc(C)nc(C)c3c2C)cc1S(=O)(=O)N(C)C. The molecule has 0 aliphatic carbocycles. The first-order valence-corrected chi connectivity index (χ1v) is 11.6. The van der Waals surface area contributed by atoms with Gasteiger partial charge < -0.3 is 10.1 Å². The molecule has 0 unspecified atom stereocenters. The monoisotopic (exact) mass is 448 g/mol. The predicted molar refractivity (Wildman–Crippen MR) is 118 cm³/mol. The van der Waals surface area contributed by atoms with Crippen molar-refractivity contribution < 1.29 is 17.9 Å². The molecule has 30 heavy (non-hydrogen) atoms. The minimum absolute atomic E-state index is 0.00227. The Hall–Kier alpha value is -2.56. The number of rotatable bonds is 6. The van der Waals surface area contributed by atoms with Gasteiger partial charge in [0.2, 0.25) is 10.0 Å². The number of nitrogens with one attached hydrogen (secondary N) is 1. The molecule has 0 aliphatic heterocycles. The summed E-state index contributed by atoms with van der Waals surface area (Å²) in [4.78, 5) is 23.0. The van der Waals surface area contributed by atoms with Crippen molar-refractivity contribution in [1.29, 1.82) is 0 Å². The third kappa shape index (κ3) is 4.03. The highest BCUT2D eigenvalue weighted by Gasteiger charge is 2.24. The van der Waals surface area contributed by atoms with E-state index < -0.39 is 10.0 Å². The van der Waals surface area contributed by atoms with Crippen LogP contribution >= 0.6 is 11.3 Å². The Bertz CT molecular complexity index is 1230. The number of aryl methyl sites for hydroxylation is 3. The molecular formula is C20H24N4O4S2. The fraction of sp³-hybridized carbons (Fsp3) is 0.350. The molecule has 2 heterocycles. The Labute approximate surface area is 180 Å². The summed E-state index contributed by atoms with van der Waals surface area (Å²) in [6.07, 6.45) is 0. The molecule has 0 saturated carbocycles. The second kappa shape index (κ2) is 8.29. The van der Waals surface area contributed by atoms with E-state index in [-0.39, 0.29) is 16.6 Å². The van der Waals surface area contributed by atoms with E-state index in [1.807, 2.05) is 20.8 Å². The Kier molecular flexibility index (Phi) is 6.11. The molecule has 160 valence electrons. The van der Waals surface area contributed by atoms with Crippen molar-refractivity contribution >= 4 is 43.2 Å². The molecule has 0 aliphatic rings. The third-order valence-corrected chi connectivity index (χ3v) is 7.57. The van der Waals surface area contributed by atoms with Gasteiger partial charge in [-0.15, -0.1) is 11.3 Å². The summed E-state index contributed by atoms with van der Waals surface area (Å²) in [5.41, 5.74) is 1.99. The van der Waals surface area contributed by atoms with Crippen LogP contribution < -0.4 is 10.1 Å².